The molecule has 0 saturated carbocycles. The van der Waals surface area contributed by atoms with E-state index in [1.807, 2.05) is 0 Å². The van der Waals surface area contributed by atoms with Crippen LogP contribution in [0.1, 0.15) is 36.1 Å². The Labute approximate surface area is 268 Å². The summed E-state index contributed by atoms with van der Waals surface area (Å²) in [6, 6.07) is -0.287. The van der Waals surface area contributed by atoms with Crippen LogP contribution in [0.3, 0.4) is 0 Å². The van der Waals surface area contributed by atoms with Gasteiger partial charge in [-0.3, -0.25) is 4.90 Å². The molecule has 3 aromatic heterocycles. The van der Waals surface area contributed by atoms with Gasteiger partial charge in [0.2, 0.25) is 0 Å². The summed E-state index contributed by atoms with van der Waals surface area (Å²) >= 11 is 6.70. The number of aryl methyl sites for hydroxylation is 1. The summed E-state index contributed by atoms with van der Waals surface area (Å²) in [5.41, 5.74) is 8.88. The van der Waals surface area contributed by atoms with Crippen LogP contribution in [-0.2, 0) is 6.18 Å². The van der Waals surface area contributed by atoms with E-state index in [-0.39, 0.29) is 66.0 Å². The van der Waals surface area contributed by atoms with Gasteiger partial charge in [-0.2, -0.15) is 23.1 Å². The molecule has 0 aliphatic carbocycles. The smallest absolute Gasteiger partial charge is 0.418 e. The second kappa shape index (κ2) is 12.3. The Morgan fingerprint density at radius 2 is 1.94 bits per heavy atom. The monoisotopic (exact) mass is 683 g/mol. The van der Waals surface area contributed by atoms with Crippen molar-refractivity contribution in [3.05, 3.63) is 46.1 Å². The van der Waals surface area contributed by atoms with Crippen LogP contribution in [-0.4, -0.2) is 75.1 Å². The van der Waals surface area contributed by atoms with Crippen molar-refractivity contribution in [2.75, 3.05) is 49.2 Å². The highest BCUT2D eigenvalue weighted by atomic mass is 35.5. The lowest BCUT2D eigenvalue weighted by atomic mass is 9.98. The van der Waals surface area contributed by atoms with Gasteiger partial charge in [-0.25, -0.2) is 28.1 Å². The van der Waals surface area contributed by atoms with Crippen LogP contribution in [0.15, 0.2) is 18.6 Å². The number of aromatic nitrogens is 5. The molecule has 0 amide bonds. The van der Waals surface area contributed by atoms with Gasteiger partial charge in [-0.05, 0) is 31.9 Å². The van der Waals surface area contributed by atoms with Crippen molar-refractivity contribution in [3.8, 4) is 23.0 Å². The van der Waals surface area contributed by atoms with Crippen LogP contribution >= 0.6 is 11.6 Å². The number of halogens is 7. The van der Waals surface area contributed by atoms with Gasteiger partial charge in [0.15, 0.2) is 11.6 Å². The van der Waals surface area contributed by atoms with Crippen LogP contribution in [0, 0.1) is 12.7 Å². The van der Waals surface area contributed by atoms with Crippen molar-refractivity contribution in [3.63, 3.8) is 0 Å². The minimum atomic E-state index is -4.96. The summed E-state index contributed by atoms with van der Waals surface area (Å²) in [4.78, 5) is 24.0. The van der Waals surface area contributed by atoms with Gasteiger partial charge in [0.05, 0.1) is 46.4 Å². The summed E-state index contributed by atoms with van der Waals surface area (Å²) in [7, 11) is 0. The summed E-state index contributed by atoms with van der Waals surface area (Å²) in [5.74, 6) is -1.48. The van der Waals surface area contributed by atoms with Gasteiger partial charge in [0, 0.05) is 24.3 Å². The van der Waals surface area contributed by atoms with E-state index < -0.39 is 58.4 Å². The summed E-state index contributed by atoms with van der Waals surface area (Å²) in [5, 5.41) is -0.536. The average Bonchev–Trinajstić information content (AvgIpc) is 3.17. The lowest BCUT2D eigenvalue weighted by Crippen LogP contribution is -2.52. The van der Waals surface area contributed by atoms with Crippen molar-refractivity contribution < 1.29 is 35.8 Å². The highest BCUT2D eigenvalue weighted by Gasteiger charge is 2.40. The quantitative estimate of drug-likeness (QED) is 0.229. The predicted molar refractivity (Wildman–Crippen MR) is 161 cm³/mol. The first-order valence-electron chi connectivity index (χ1n) is 14.4. The SMILES string of the molecule is Cc1cc(N)nc(-c2c(Cl)c3c4c(nc(OC[C@@H]5CCN5CC(F)F)nc4c2F)N([C@H](C)c2cncnc2N)CCO3)c1C(F)(F)F. The molecule has 4 aromatic rings. The molecule has 6 rings (SSSR count). The Kier molecular flexibility index (Phi) is 8.54. The van der Waals surface area contributed by atoms with Crippen LogP contribution < -0.4 is 25.8 Å². The largest absolute Gasteiger partial charge is 0.489 e. The number of hydrogen-bond acceptors (Lipinski definition) is 11. The molecule has 2 aliphatic rings. The average molecular weight is 684 g/mol. The fraction of sp³-hybridized carbons (Fsp3) is 0.414. The van der Waals surface area contributed by atoms with E-state index >= 15 is 4.39 Å². The molecule has 18 heteroatoms. The zero-order valence-corrected chi connectivity index (χ0v) is 25.7. The zero-order valence-electron chi connectivity index (χ0n) is 25.0. The maximum absolute atomic E-state index is 16.8. The Bertz CT molecular complexity index is 1850. The first-order chi connectivity index (χ1) is 22.3. The molecular formula is C29H28ClF6N9O2. The molecule has 4 N–H and O–H groups in total. The number of likely N-dealkylation sites (tertiary alicyclic amines) is 1. The van der Waals surface area contributed by atoms with Crippen molar-refractivity contribution in [1.82, 2.24) is 29.8 Å². The maximum atomic E-state index is 16.8. The molecule has 5 heterocycles. The first-order valence-corrected chi connectivity index (χ1v) is 14.8. The van der Waals surface area contributed by atoms with E-state index in [4.69, 9.17) is 32.5 Å². The molecule has 2 atom stereocenters. The third-order valence-electron chi connectivity index (χ3n) is 8.28. The topological polar surface area (TPSA) is 141 Å². The van der Waals surface area contributed by atoms with Crippen LogP contribution in [0.4, 0.5) is 43.8 Å². The zero-order chi connectivity index (χ0) is 33.8. The van der Waals surface area contributed by atoms with Crippen molar-refractivity contribution in [2.45, 2.75) is 45.0 Å². The van der Waals surface area contributed by atoms with Crippen LogP contribution in [0.25, 0.3) is 22.2 Å². The third kappa shape index (κ3) is 5.97. The minimum Gasteiger partial charge on any atom is -0.489 e. The van der Waals surface area contributed by atoms with E-state index in [1.54, 1.807) is 11.8 Å². The number of rotatable bonds is 8. The molecule has 1 aromatic carbocycles. The number of anilines is 3. The van der Waals surface area contributed by atoms with E-state index in [0.29, 0.717) is 18.5 Å². The van der Waals surface area contributed by atoms with Gasteiger partial charge in [-0.1, -0.05) is 11.6 Å². The van der Waals surface area contributed by atoms with Gasteiger partial charge in [-0.15, -0.1) is 0 Å². The Balaban J connectivity index is 1.57. The fourth-order valence-electron chi connectivity index (χ4n) is 5.93. The molecule has 0 unspecified atom stereocenters. The molecule has 0 spiro atoms. The molecule has 47 heavy (non-hydrogen) atoms. The lowest BCUT2D eigenvalue weighted by Gasteiger charge is -2.40. The second-order valence-electron chi connectivity index (χ2n) is 11.2. The predicted octanol–water partition coefficient (Wildman–Crippen LogP) is 5.44. The summed E-state index contributed by atoms with van der Waals surface area (Å²) in [6.45, 7) is 2.89. The summed E-state index contributed by atoms with van der Waals surface area (Å²) < 4.78 is 97.7. The number of hydrogen-bond donors (Lipinski definition) is 2. The van der Waals surface area contributed by atoms with Crippen molar-refractivity contribution >= 4 is 40.0 Å². The number of benzene rings is 1. The van der Waals surface area contributed by atoms with E-state index in [0.717, 1.165) is 6.07 Å². The highest BCUT2D eigenvalue weighted by Crippen LogP contribution is 2.50. The normalized spacial score (nSPS) is 17.4. The van der Waals surface area contributed by atoms with Gasteiger partial charge >= 0.3 is 12.2 Å². The molecule has 0 bridgehead atoms. The van der Waals surface area contributed by atoms with Crippen molar-refractivity contribution in [2.24, 2.45) is 0 Å². The molecule has 250 valence electrons. The Morgan fingerprint density at radius 3 is 2.60 bits per heavy atom. The van der Waals surface area contributed by atoms with Gasteiger partial charge in [0.1, 0.15) is 42.5 Å². The number of ether oxygens (including phenoxy) is 2. The third-order valence-corrected chi connectivity index (χ3v) is 8.64. The van der Waals surface area contributed by atoms with E-state index in [1.165, 1.54) is 24.3 Å². The number of nitrogens with two attached hydrogens (primary N) is 2. The second-order valence-corrected chi connectivity index (χ2v) is 11.6. The fourth-order valence-corrected chi connectivity index (χ4v) is 6.25. The lowest BCUT2D eigenvalue weighted by molar-refractivity contribution is -0.137. The van der Waals surface area contributed by atoms with Crippen molar-refractivity contribution in [1.29, 1.82) is 0 Å². The first kappa shape index (κ1) is 32.6. The molecular weight excluding hydrogens is 656 g/mol. The number of alkyl halides is 5. The van der Waals surface area contributed by atoms with Crippen LogP contribution in [0.2, 0.25) is 5.02 Å². The van der Waals surface area contributed by atoms with E-state index in [2.05, 4.69) is 24.9 Å². The molecule has 11 nitrogen and oxygen atoms in total. The molecule has 0 radical (unpaired) electrons. The molecule has 1 saturated heterocycles. The number of pyridine rings is 1. The van der Waals surface area contributed by atoms with Gasteiger partial charge in [0.25, 0.3) is 6.43 Å². The molecule has 1 fully saturated rings. The number of nitrogen functional groups attached to an aromatic ring is 2. The highest BCUT2D eigenvalue weighted by molar-refractivity contribution is 6.36. The van der Waals surface area contributed by atoms with Crippen LogP contribution in [0.5, 0.6) is 11.8 Å². The Hall–Kier alpha value is -4.38. The standard InChI is InChI=1S/C29H28ClF6N9O2/c1-12-7-17(37)41-23(20(12)29(34,35)36)18-21(30)25-19-24(22(18)33)42-28(47-10-14-3-4-44(14)9-16(31)32)43-27(19)45(5-6-46-25)13(2)15-8-39-11-40-26(15)38/h7-8,11,13-14,16H,3-6,9-10H2,1-2H3,(H2,37,41)(H2,38,39,40)/t13-,14+/m1/s1. The minimum absolute atomic E-state index is 0.0412. The van der Waals surface area contributed by atoms with E-state index in [9.17, 15) is 22.0 Å². The number of nitrogens with zero attached hydrogens (tertiary/aromatic N) is 7. The Morgan fingerprint density at radius 1 is 1.17 bits per heavy atom. The maximum Gasteiger partial charge on any atom is 0.418 e. The van der Waals surface area contributed by atoms with Gasteiger partial charge < -0.3 is 25.8 Å². The summed E-state index contributed by atoms with van der Waals surface area (Å²) in [6.07, 6.45) is -4.16. The molecule has 2 aliphatic heterocycles.